The number of aryl methyl sites for hydroxylation is 1. The first kappa shape index (κ1) is 18.7. The Hall–Kier alpha value is -2.62. The van der Waals surface area contributed by atoms with E-state index in [1.54, 1.807) is 30.0 Å². The van der Waals surface area contributed by atoms with Crippen LogP contribution in [-0.4, -0.2) is 25.9 Å². The van der Waals surface area contributed by atoms with Crippen LogP contribution in [0.15, 0.2) is 47.4 Å². The molecule has 0 aliphatic carbocycles. The zero-order valence-corrected chi connectivity index (χ0v) is 16.5. The molecular formula is C19H16FN3O3S2. The van der Waals surface area contributed by atoms with Gasteiger partial charge in [0.15, 0.2) is 0 Å². The normalized spacial score (nSPS) is 13.6. The first-order valence-corrected chi connectivity index (χ1v) is 10.8. The highest BCUT2D eigenvalue weighted by molar-refractivity contribution is 7.89. The lowest BCUT2D eigenvalue weighted by Gasteiger charge is -2.17. The Morgan fingerprint density at radius 3 is 2.61 bits per heavy atom. The molecule has 0 atom stereocenters. The highest BCUT2D eigenvalue weighted by Gasteiger charge is 2.29. The van der Waals surface area contributed by atoms with Crippen molar-refractivity contribution in [3.8, 4) is 10.6 Å². The Kier molecular flexibility index (Phi) is 4.53. The average Bonchev–Trinajstić information content (AvgIpc) is 3.24. The van der Waals surface area contributed by atoms with Crippen molar-refractivity contribution in [1.82, 2.24) is 4.98 Å². The van der Waals surface area contributed by atoms with Crippen LogP contribution in [-0.2, 0) is 16.4 Å². The number of carbonyl (C=O) groups is 1. The van der Waals surface area contributed by atoms with E-state index < -0.39 is 10.0 Å². The van der Waals surface area contributed by atoms with E-state index in [1.165, 1.54) is 35.6 Å². The molecule has 9 heteroatoms. The lowest BCUT2D eigenvalue weighted by atomic mass is 10.2. The molecule has 28 heavy (non-hydrogen) atoms. The van der Waals surface area contributed by atoms with Gasteiger partial charge in [-0.3, -0.25) is 4.79 Å². The van der Waals surface area contributed by atoms with Crippen molar-refractivity contribution in [2.24, 2.45) is 5.14 Å². The maximum Gasteiger partial charge on any atom is 0.270 e. The molecule has 1 aromatic heterocycles. The monoisotopic (exact) mass is 417 g/mol. The second-order valence-electron chi connectivity index (χ2n) is 6.48. The summed E-state index contributed by atoms with van der Waals surface area (Å²) < 4.78 is 36.5. The summed E-state index contributed by atoms with van der Waals surface area (Å²) in [7, 11) is -3.86. The number of amides is 1. The van der Waals surface area contributed by atoms with Crippen LogP contribution in [0.4, 0.5) is 10.1 Å². The van der Waals surface area contributed by atoms with Gasteiger partial charge in [0.25, 0.3) is 5.91 Å². The van der Waals surface area contributed by atoms with Crippen LogP contribution in [0.2, 0.25) is 0 Å². The molecule has 0 radical (unpaired) electrons. The number of nitrogens with zero attached hydrogens (tertiary/aromatic N) is 2. The van der Waals surface area contributed by atoms with E-state index in [0.29, 0.717) is 34.2 Å². The predicted molar refractivity (Wildman–Crippen MR) is 105 cm³/mol. The summed E-state index contributed by atoms with van der Waals surface area (Å²) in [4.78, 5) is 19.6. The van der Waals surface area contributed by atoms with Gasteiger partial charge in [-0.15, -0.1) is 11.3 Å². The Morgan fingerprint density at radius 1 is 1.21 bits per heavy atom. The van der Waals surface area contributed by atoms with Crippen LogP contribution in [0, 0.1) is 12.7 Å². The van der Waals surface area contributed by atoms with Gasteiger partial charge in [0.05, 0.1) is 10.6 Å². The van der Waals surface area contributed by atoms with Crippen molar-refractivity contribution in [2.75, 3.05) is 11.4 Å². The number of aromatic nitrogens is 1. The fraction of sp³-hybridized carbons (Fsp3) is 0.158. The number of sulfonamides is 1. The number of halogens is 1. The SMILES string of the molecule is Cc1nc(-c2ccc(F)cc2)sc1C(=O)N1CCc2ccc(S(N)(=O)=O)cc21. The van der Waals surface area contributed by atoms with Gasteiger partial charge in [-0.1, -0.05) is 6.07 Å². The highest BCUT2D eigenvalue weighted by Crippen LogP contribution is 2.34. The molecule has 0 spiro atoms. The molecule has 144 valence electrons. The van der Waals surface area contributed by atoms with E-state index in [4.69, 9.17) is 5.14 Å². The molecule has 0 saturated heterocycles. The number of fused-ring (bicyclic) bond motifs is 1. The van der Waals surface area contributed by atoms with Crippen LogP contribution in [0.3, 0.4) is 0 Å². The van der Waals surface area contributed by atoms with E-state index in [2.05, 4.69) is 4.98 Å². The van der Waals surface area contributed by atoms with Gasteiger partial charge in [0.2, 0.25) is 10.0 Å². The summed E-state index contributed by atoms with van der Waals surface area (Å²) in [5.74, 6) is -0.582. The highest BCUT2D eigenvalue weighted by atomic mass is 32.2. The van der Waals surface area contributed by atoms with E-state index in [1.807, 2.05) is 0 Å². The number of hydrogen-bond donors (Lipinski definition) is 1. The van der Waals surface area contributed by atoms with Gasteiger partial charge in [-0.05, 0) is 55.3 Å². The molecule has 0 fully saturated rings. The Labute approximate surface area is 165 Å². The molecule has 2 heterocycles. The average molecular weight is 417 g/mol. The molecule has 0 unspecified atom stereocenters. The fourth-order valence-electron chi connectivity index (χ4n) is 3.18. The number of nitrogens with two attached hydrogens (primary N) is 1. The van der Waals surface area contributed by atoms with E-state index >= 15 is 0 Å². The zero-order valence-electron chi connectivity index (χ0n) is 14.8. The predicted octanol–water partition coefficient (Wildman–Crippen LogP) is 3.11. The number of anilines is 1. The first-order valence-electron chi connectivity index (χ1n) is 8.45. The van der Waals surface area contributed by atoms with Crippen LogP contribution < -0.4 is 10.0 Å². The number of thiazole rings is 1. The van der Waals surface area contributed by atoms with Gasteiger partial charge in [-0.25, -0.2) is 22.9 Å². The van der Waals surface area contributed by atoms with Crippen LogP contribution in [0.1, 0.15) is 20.9 Å². The van der Waals surface area contributed by atoms with Gasteiger partial charge >= 0.3 is 0 Å². The summed E-state index contributed by atoms with van der Waals surface area (Å²) >= 11 is 1.23. The number of hydrogen-bond acceptors (Lipinski definition) is 5. The molecule has 1 aliphatic rings. The molecule has 0 bridgehead atoms. The second kappa shape index (κ2) is 6.77. The van der Waals surface area contributed by atoms with Crippen LogP contribution >= 0.6 is 11.3 Å². The first-order chi connectivity index (χ1) is 13.2. The Balaban J connectivity index is 1.70. The molecule has 1 aliphatic heterocycles. The van der Waals surface area contributed by atoms with Crippen LogP contribution in [0.5, 0.6) is 0 Å². The lowest BCUT2D eigenvalue weighted by Crippen LogP contribution is -2.29. The lowest BCUT2D eigenvalue weighted by molar-refractivity contribution is 0.0992. The van der Waals surface area contributed by atoms with Crippen molar-refractivity contribution in [3.05, 3.63) is 64.4 Å². The minimum atomic E-state index is -3.86. The molecular weight excluding hydrogens is 401 g/mol. The number of benzene rings is 2. The third-order valence-corrected chi connectivity index (χ3v) is 6.71. The van der Waals surface area contributed by atoms with Crippen molar-refractivity contribution in [2.45, 2.75) is 18.2 Å². The summed E-state index contributed by atoms with van der Waals surface area (Å²) in [6.45, 7) is 2.19. The van der Waals surface area contributed by atoms with Crippen molar-refractivity contribution in [1.29, 1.82) is 0 Å². The molecule has 6 nitrogen and oxygen atoms in total. The third-order valence-electron chi connectivity index (χ3n) is 4.61. The quantitative estimate of drug-likeness (QED) is 0.709. The van der Waals surface area contributed by atoms with E-state index in [-0.39, 0.29) is 16.6 Å². The van der Waals surface area contributed by atoms with E-state index in [9.17, 15) is 17.6 Å². The zero-order chi connectivity index (χ0) is 20.1. The largest absolute Gasteiger partial charge is 0.307 e. The molecule has 4 rings (SSSR count). The van der Waals surface area contributed by atoms with Crippen molar-refractivity contribution in [3.63, 3.8) is 0 Å². The minimum absolute atomic E-state index is 0.0287. The maximum absolute atomic E-state index is 13.1. The minimum Gasteiger partial charge on any atom is -0.307 e. The number of carbonyl (C=O) groups excluding carboxylic acids is 1. The topological polar surface area (TPSA) is 93.4 Å². The van der Waals surface area contributed by atoms with E-state index in [0.717, 1.165) is 11.1 Å². The molecule has 2 aromatic carbocycles. The number of primary sulfonamides is 1. The van der Waals surface area contributed by atoms with Gasteiger partial charge in [0, 0.05) is 17.8 Å². The summed E-state index contributed by atoms with van der Waals surface area (Å²) in [6.07, 6.45) is 0.634. The maximum atomic E-state index is 13.1. The third kappa shape index (κ3) is 3.32. The van der Waals surface area contributed by atoms with Gasteiger partial charge in [0.1, 0.15) is 15.7 Å². The van der Waals surface area contributed by atoms with Crippen molar-refractivity contribution < 1.29 is 17.6 Å². The van der Waals surface area contributed by atoms with Gasteiger partial charge in [-0.2, -0.15) is 0 Å². The smallest absolute Gasteiger partial charge is 0.270 e. The fourth-order valence-corrected chi connectivity index (χ4v) is 4.73. The summed E-state index contributed by atoms with van der Waals surface area (Å²) in [5.41, 5.74) is 2.74. The molecule has 0 saturated carbocycles. The molecule has 1 amide bonds. The Bertz CT molecular complexity index is 1190. The summed E-state index contributed by atoms with van der Waals surface area (Å²) in [6, 6.07) is 10.5. The summed E-state index contributed by atoms with van der Waals surface area (Å²) in [5, 5.41) is 5.84. The molecule has 3 aromatic rings. The van der Waals surface area contributed by atoms with Crippen LogP contribution in [0.25, 0.3) is 10.6 Å². The Morgan fingerprint density at radius 2 is 1.93 bits per heavy atom. The molecule has 2 N–H and O–H groups in total. The number of rotatable bonds is 3. The second-order valence-corrected chi connectivity index (χ2v) is 9.04. The van der Waals surface area contributed by atoms with Crippen molar-refractivity contribution >= 4 is 33.0 Å². The standard InChI is InChI=1S/C19H16FN3O3S2/c1-11-17(27-18(22-11)13-2-5-14(20)6-3-13)19(24)23-9-8-12-4-7-15(10-16(12)23)28(21,25)26/h2-7,10H,8-9H2,1H3,(H2,21,25,26). The van der Waals surface area contributed by atoms with Gasteiger partial charge < -0.3 is 4.90 Å².